The summed E-state index contributed by atoms with van der Waals surface area (Å²) in [5.74, 6) is 1.06. The van der Waals surface area contributed by atoms with Crippen molar-refractivity contribution >= 4 is 17.5 Å². The van der Waals surface area contributed by atoms with E-state index in [1.807, 2.05) is 24.3 Å². The number of hydrogen-bond donors (Lipinski definition) is 1. The van der Waals surface area contributed by atoms with E-state index in [0.29, 0.717) is 23.1 Å². The van der Waals surface area contributed by atoms with E-state index in [0.717, 1.165) is 5.56 Å². The highest BCUT2D eigenvalue weighted by Crippen LogP contribution is 2.18. The van der Waals surface area contributed by atoms with Gasteiger partial charge in [0.25, 0.3) is 5.91 Å². The molecule has 0 saturated carbocycles. The van der Waals surface area contributed by atoms with Crippen LogP contribution in [0.3, 0.4) is 0 Å². The smallest absolute Gasteiger partial charge is 0.258 e. The average Bonchev–Trinajstić information content (AvgIpc) is 2.52. The lowest BCUT2D eigenvalue weighted by atomic mass is 10.2. The number of hydrogen-bond acceptors (Lipinski definition) is 3. The summed E-state index contributed by atoms with van der Waals surface area (Å²) in [5.41, 5.74) is 0.869. The maximum absolute atomic E-state index is 11.7. The van der Waals surface area contributed by atoms with E-state index in [9.17, 15) is 4.79 Å². The maximum Gasteiger partial charge on any atom is 0.258 e. The Labute approximate surface area is 128 Å². The van der Waals surface area contributed by atoms with Gasteiger partial charge in [0.2, 0.25) is 0 Å². The molecule has 0 atom stereocenters. The van der Waals surface area contributed by atoms with Gasteiger partial charge in [0.05, 0.1) is 7.11 Å². The zero-order chi connectivity index (χ0) is 15.1. The first-order chi connectivity index (χ1) is 10.2. The molecule has 4 nitrogen and oxygen atoms in total. The second-order valence-electron chi connectivity index (χ2n) is 4.34. The van der Waals surface area contributed by atoms with E-state index in [-0.39, 0.29) is 12.5 Å². The molecule has 2 aromatic carbocycles. The SMILES string of the molecule is COc1cccc(OCC(=O)NCc2ccccc2Cl)c1. The van der Waals surface area contributed by atoms with Crippen LogP contribution in [0.2, 0.25) is 5.02 Å². The number of benzene rings is 2. The Balaban J connectivity index is 1.81. The average molecular weight is 306 g/mol. The molecule has 5 heteroatoms. The molecule has 0 heterocycles. The molecule has 2 rings (SSSR count). The van der Waals surface area contributed by atoms with Crippen LogP contribution < -0.4 is 14.8 Å². The van der Waals surface area contributed by atoms with Crippen molar-refractivity contribution in [2.45, 2.75) is 6.54 Å². The monoisotopic (exact) mass is 305 g/mol. The molecule has 0 bridgehead atoms. The number of rotatable bonds is 6. The highest BCUT2D eigenvalue weighted by molar-refractivity contribution is 6.31. The van der Waals surface area contributed by atoms with Crippen molar-refractivity contribution < 1.29 is 14.3 Å². The van der Waals surface area contributed by atoms with Crippen LogP contribution in [0.1, 0.15) is 5.56 Å². The quantitative estimate of drug-likeness (QED) is 0.892. The first-order valence-electron chi connectivity index (χ1n) is 6.46. The standard InChI is InChI=1S/C16H16ClNO3/c1-20-13-6-4-7-14(9-13)21-11-16(19)18-10-12-5-2-3-8-15(12)17/h2-9H,10-11H2,1H3,(H,18,19). The second-order valence-corrected chi connectivity index (χ2v) is 4.74. The summed E-state index contributed by atoms with van der Waals surface area (Å²) in [6.45, 7) is 0.317. The molecule has 2 aromatic rings. The molecule has 0 aromatic heterocycles. The van der Waals surface area contributed by atoms with Crippen LogP contribution >= 0.6 is 11.6 Å². The Morgan fingerprint density at radius 3 is 2.67 bits per heavy atom. The molecule has 0 aliphatic heterocycles. The summed E-state index contributed by atoms with van der Waals surface area (Å²) in [6.07, 6.45) is 0. The van der Waals surface area contributed by atoms with Crippen molar-refractivity contribution in [3.8, 4) is 11.5 Å². The summed E-state index contributed by atoms with van der Waals surface area (Å²) in [7, 11) is 1.58. The van der Waals surface area contributed by atoms with Gasteiger partial charge in [0.1, 0.15) is 11.5 Å². The third kappa shape index (κ3) is 4.68. The van der Waals surface area contributed by atoms with Crippen LogP contribution in [0.4, 0.5) is 0 Å². The molecule has 0 aliphatic rings. The fourth-order valence-electron chi connectivity index (χ4n) is 1.73. The first kappa shape index (κ1) is 15.2. The molecule has 0 aliphatic carbocycles. The van der Waals surface area contributed by atoms with Crippen molar-refractivity contribution in [1.82, 2.24) is 5.32 Å². The number of methoxy groups -OCH3 is 1. The predicted molar refractivity (Wildman–Crippen MR) is 81.8 cm³/mol. The normalized spacial score (nSPS) is 10.0. The van der Waals surface area contributed by atoms with Gasteiger partial charge in [-0.15, -0.1) is 0 Å². The van der Waals surface area contributed by atoms with Crippen LogP contribution in [-0.4, -0.2) is 19.6 Å². The van der Waals surface area contributed by atoms with Gasteiger partial charge in [-0.3, -0.25) is 4.79 Å². The number of ether oxygens (including phenoxy) is 2. The summed E-state index contributed by atoms with van der Waals surface area (Å²) >= 11 is 6.02. The van der Waals surface area contributed by atoms with Crippen molar-refractivity contribution in [1.29, 1.82) is 0 Å². The zero-order valence-corrected chi connectivity index (χ0v) is 12.4. The van der Waals surface area contributed by atoms with E-state index in [1.54, 1.807) is 31.4 Å². The van der Waals surface area contributed by atoms with Gasteiger partial charge in [0.15, 0.2) is 6.61 Å². The van der Waals surface area contributed by atoms with Crippen molar-refractivity contribution in [2.24, 2.45) is 0 Å². The molecule has 0 unspecified atom stereocenters. The van der Waals surface area contributed by atoms with E-state index in [4.69, 9.17) is 21.1 Å². The van der Waals surface area contributed by atoms with Gasteiger partial charge in [0, 0.05) is 17.6 Å². The minimum atomic E-state index is -0.210. The molecule has 1 amide bonds. The third-order valence-corrected chi connectivity index (χ3v) is 3.21. The van der Waals surface area contributed by atoms with Gasteiger partial charge in [-0.1, -0.05) is 35.9 Å². The minimum absolute atomic E-state index is 0.0579. The summed E-state index contributed by atoms with van der Waals surface area (Å²) in [4.78, 5) is 11.7. The predicted octanol–water partition coefficient (Wildman–Crippen LogP) is 3.04. The number of halogens is 1. The Morgan fingerprint density at radius 2 is 1.90 bits per heavy atom. The molecule has 0 radical (unpaired) electrons. The molecular formula is C16H16ClNO3. The molecular weight excluding hydrogens is 290 g/mol. The third-order valence-electron chi connectivity index (χ3n) is 2.84. The van der Waals surface area contributed by atoms with Gasteiger partial charge >= 0.3 is 0 Å². The number of carbonyl (C=O) groups is 1. The van der Waals surface area contributed by atoms with Crippen molar-refractivity contribution in [3.05, 3.63) is 59.1 Å². The molecule has 1 N–H and O–H groups in total. The largest absolute Gasteiger partial charge is 0.497 e. The molecule has 21 heavy (non-hydrogen) atoms. The first-order valence-corrected chi connectivity index (χ1v) is 6.84. The highest BCUT2D eigenvalue weighted by Gasteiger charge is 2.05. The van der Waals surface area contributed by atoms with Crippen LogP contribution in [0, 0.1) is 0 Å². The lowest BCUT2D eigenvalue weighted by Gasteiger charge is -2.09. The topological polar surface area (TPSA) is 47.6 Å². The Bertz CT molecular complexity index is 616. The van der Waals surface area contributed by atoms with Crippen molar-refractivity contribution in [3.63, 3.8) is 0 Å². The fourth-order valence-corrected chi connectivity index (χ4v) is 1.93. The van der Waals surface area contributed by atoms with E-state index < -0.39 is 0 Å². The van der Waals surface area contributed by atoms with Crippen molar-refractivity contribution in [2.75, 3.05) is 13.7 Å². The molecule has 0 fully saturated rings. The summed E-state index contributed by atoms with van der Waals surface area (Å²) < 4.78 is 10.5. The summed E-state index contributed by atoms with van der Waals surface area (Å²) in [6, 6.07) is 14.5. The number of nitrogens with one attached hydrogen (secondary N) is 1. The number of amides is 1. The Kier molecular flexibility index (Phi) is 5.46. The Morgan fingerprint density at radius 1 is 1.14 bits per heavy atom. The second kappa shape index (κ2) is 7.55. The number of carbonyl (C=O) groups excluding carboxylic acids is 1. The van der Waals surface area contributed by atoms with E-state index >= 15 is 0 Å². The zero-order valence-electron chi connectivity index (χ0n) is 11.6. The summed E-state index contributed by atoms with van der Waals surface area (Å²) in [5, 5.41) is 3.39. The van der Waals surface area contributed by atoms with E-state index in [2.05, 4.69) is 5.32 Å². The van der Waals surface area contributed by atoms with Gasteiger partial charge < -0.3 is 14.8 Å². The molecule has 0 saturated heterocycles. The fraction of sp³-hybridized carbons (Fsp3) is 0.188. The van der Waals surface area contributed by atoms with Crippen LogP contribution in [0.5, 0.6) is 11.5 Å². The van der Waals surface area contributed by atoms with Gasteiger partial charge in [-0.2, -0.15) is 0 Å². The van der Waals surface area contributed by atoms with Crippen LogP contribution in [-0.2, 0) is 11.3 Å². The minimum Gasteiger partial charge on any atom is -0.497 e. The Hall–Kier alpha value is -2.20. The molecule has 110 valence electrons. The van der Waals surface area contributed by atoms with Crippen LogP contribution in [0.15, 0.2) is 48.5 Å². The maximum atomic E-state index is 11.7. The van der Waals surface area contributed by atoms with Gasteiger partial charge in [-0.25, -0.2) is 0 Å². The molecule has 0 spiro atoms. The van der Waals surface area contributed by atoms with Crippen LogP contribution in [0.25, 0.3) is 0 Å². The highest BCUT2D eigenvalue weighted by atomic mass is 35.5. The van der Waals surface area contributed by atoms with E-state index in [1.165, 1.54) is 0 Å². The van der Waals surface area contributed by atoms with Gasteiger partial charge in [-0.05, 0) is 23.8 Å². The lowest BCUT2D eigenvalue weighted by molar-refractivity contribution is -0.123. The lowest BCUT2D eigenvalue weighted by Crippen LogP contribution is -2.28.